The Labute approximate surface area is 209 Å². The molecule has 0 amide bonds. The number of hydrogen-bond donors (Lipinski definition) is 0. The molecule has 0 radical (unpaired) electrons. The van der Waals surface area contributed by atoms with Gasteiger partial charge in [0, 0.05) is 33.5 Å². The predicted molar refractivity (Wildman–Crippen MR) is 145 cm³/mol. The molecule has 162 valence electrons. The van der Waals surface area contributed by atoms with Crippen LogP contribution in [0.2, 0.25) is 0 Å². The maximum absolute atomic E-state index is 4.80. The van der Waals surface area contributed by atoms with Crippen molar-refractivity contribution in [3.63, 3.8) is 0 Å². The van der Waals surface area contributed by atoms with Gasteiger partial charge < -0.3 is 4.57 Å². The summed E-state index contributed by atoms with van der Waals surface area (Å²) >= 11 is 9.60. The summed E-state index contributed by atoms with van der Waals surface area (Å²) in [5, 5.41) is 8.00. The molecule has 3 heterocycles. The molecule has 0 atom stereocenters. The third kappa shape index (κ3) is 2.74. The highest BCUT2D eigenvalue weighted by Crippen LogP contribution is 2.49. The zero-order chi connectivity index (χ0) is 23.5. The summed E-state index contributed by atoms with van der Waals surface area (Å²) in [5.74, 6) is 0.546. The van der Waals surface area contributed by atoms with Crippen LogP contribution in [0.25, 0.3) is 60.9 Å². The molecule has 0 saturated carbocycles. The standard InChI is InChI=1S/C27H12N6S2/c34-13-29-26-27(30-14-35)32-25-18-10-11-20(15-6-3-7-17(22(15)18)24(25)31-26)33-19-8-2-1-5-16(19)23-21(33)9-4-12-28-23/h1-12H. The Hall–Kier alpha value is -4.45. The number of para-hydroxylation sites is 1. The van der Waals surface area contributed by atoms with Gasteiger partial charge in [0.05, 0.1) is 43.9 Å². The third-order valence-corrected chi connectivity index (χ3v) is 6.54. The van der Waals surface area contributed by atoms with E-state index >= 15 is 0 Å². The molecule has 0 bridgehead atoms. The fourth-order valence-corrected chi connectivity index (χ4v) is 5.23. The minimum absolute atomic E-state index is 0.273. The number of nitrogens with zero attached hydrogens (tertiary/aromatic N) is 6. The number of aliphatic imine (C=N–C) groups is 2. The van der Waals surface area contributed by atoms with Crippen molar-refractivity contribution in [3.05, 3.63) is 72.9 Å². The summed E-state index contributed by atoms with van der Waals surface area (Å²) < 4.78 is 2.27. The average molecular weight is 485 g/mol. The topological polar surface area (TPSA) is 68.3 Å². The van der Waals surface area contributed by atoms with Crippen LogP contribution in [-0.4, -0.2) is 29.8 Å². The van der Waals surface area contributed by atoms with Crippen LogP contribution in [0.5, 0.6) is 0 Å². The van der Waals surface area contributed by atoms with E-state index < -0.39 is 0 Å². The number of pyridine rings is 1. The molecule has 0 saturated heterocycles. The van der Waals surface area contributed by atoms with Crippen molar-refractivity contribution < 1.29 is 0 Å². The molecule has 1 aliphatic rings. The Morgan fingerprint density at radius 1 is 0.686 bits per heavy atom. The SMILES string of the molecule is S=C=Nc1nc2c(nc1N=C=S)-c1ccc(-n3c4ccccc4c4ncccc43)c3cccc-2c13. The van der Waals surface area contributed by atoms with Crippen LogP contribution < -0.4 is 0 Å². The van der Waals surface area contributed by atoms with Crippen LogP contribution in [0.4, 0.5) is 11.6 Å². The van der Waals surface area contributed by atoms with Gasteiger partial charge in [0.2, 0.25) is 11.6 Å². The first-order valence-electron chi connectivity index (χ1n) is 10.8. The average Bonchev–Trinajstić information content (AvgIpc) is 3.39. The summed E-state index contributed by atoms with van der Waals surface area (Å²) in [5.41, 5.74) is 7.63. The van der Waals surface area contributed by atoms with Gasteiger partial charge in [-0.1, -0.05) is 36.4 Å². The fraction of sp³-hybridized carbons (Fsp3) is 0. The van der Waals surface area contributed by atoms with Crippen molar-refractivity contribution >= 4 is 79.1 Å². The van der Waals surface area contributed by atoms with Gasteiger partial charge in [0.25, 0.3) is 0 Å². The molecule has 0 aliphatic heterocycles. The van der Waals surface area contributed by atoms with E-state index in [2.05, 4.69) is 78.4 Å². The van der Waals surface area contributed by atoms with Crippen molar-refractivity contribution in [2.45, 2.75) is 0 Å². The lowest BCUT2D eigenvalue weighted by Crippen LogP contribution is -1.96. The molecule has 0 unspecified atom stereocenters. The van der Waals surface area contributed by atoms with E-state index in [0.717, 1.165) is 60.9 Å². The molecule has 6 aromatic rings. The minimum atomic E-state index is 0.273. The highest BCUT2D eigenvalue weighted by Gasteiger charge is 2.28. The van der Waals surface area contributed by atoms with Crippen LogP contribution in [0, 0.1) is 0 Å². The molecular weight excluding hydrogens is 472 g/mol. The normalized spacial score (nSPS) is 11.4. The molecule has 7 rings (SSSR count). The molecular formula is C27H12N6S2. The van der Waals surface area contributed by atoms with E-state index in [9.17, 15) is 0 Å². The number of isothiocyanates is 2. The Bertz CT molecular complexity index is 1870. The lowest BCUT2D eigenvalue weighted by atomic mass is 10.0. The number of aromatic nitrogens is 4. The van der Waals surface area contributed by atoms with Gasteiger partial charge in [-0.3, -0.25) is 4.98 Å². The van der Waals surface area contributed by atoms with E-state index in [1.54, 1.807) is 0 Å². The molecule has 3 aromatic heterocycles. The molecule has 0 spiro atoms. The number of rotatable bonds is 3. The molecule has 3 aromatic carbocycles. The quantitative estimate of drug-likeness (QED) is 0.195. The summed E-state index contributed by atoms with van der Waals surface area (Å²) in [4.78, 5) is 22.3. The maximum atomic E-state index is 4.80. The lowest BCUT2D eigenvalue weighted by Gasteiger charge is -2.12. The maximum Gasteiger partial charge on any atom is 0.209 e. The second-order valence-corrected chi connectivity index (χ2v) is 8.42. The van der Waals surface area contributed by atoms with Crippen molar-refractivity contribution in [1.29, 1.82) is 0 Å². The molecule has 35 heavy (non-hydrogen) atoms. The number of benzene rings is 3. The molecule has 6 nitrogen and oxygen atoms in total. The van der Waals surface area contributed by atoms with E-state index in [-0.39, 0.29) is 11.6 Å². The van der Waals surface area contributed by atoms with Gasteiger partial charge in [-0.25, -0.2) is 9.97 Å². The van der Waals surface area contributed by atoms with Crippen molar-refractivity contribution in [2.24, 2.45) is 9.98 Å². The van der Waals surface area contributed by atoms with Gasteiger partial charge in [-0.15, -0.1) is 0 Å². The van der Waals surface area contributed by atoms with Crippen molar-refractivity contribution in [3.8, 4) is 28.2 Å². The summed E-state index contributed by atoms with van der Waals surface area (Å²) in [6, 6.07) is 22.9. The van der Waals surface area contributed by atoms with E-state index in [4.69, 9.17) is 34.4 Å². The van der Waals surface area contributed by atoms with Gasteiger partial charge >= 0.3 is 0 Å². The van der Waals surface area contributed by atoms with Crippen molar-refractivity contribution in [1.82, 2.24) is 19.5 Å². The Morgan fingerprint density at radius 2 is 1.37 bits per heavy atom. The zero-order valence-corrected chi connectivity index (χ0v) is 19.6. The van der Waals surface area contributed by atoms with E-state index in [1.165, 1.54) is 0 Å². The second kappa shape index (κ2) is 7.53. The van der Waals surface area contributed by atoms with E-state index in [1.807, 2.05) is 24.4 Å². The fourth-order valence-electron chi connectivity index (χ4n) is 5.05. The predicted octanol–water partition coefficient (Wildman–Crippen LogP) is 7.24. The largest absolute Gasteiger partial charge is 0.307 e. The van der Waals surface area contributed by atoms with Gasteiger partial charge in [0.1, 0.15) is 0 Å². The monoisotopic (exact) mass is 484 g/mol. The number of thiocarbonyl (C=S) groups is 2. The van der Waals surface area contributed by atoms with Crippen LogP contribution in [0.15, 0.2) is 82.9 Å². The molecule has 8 heteroatoms. The number of fused-ring (bicyclic) bond motifs is 6. The third-order valence-electron chi connectivity index (χ3n) is 6.36. The summed E-state index contributed by atoms with van der Waals surface area (Å²) in [6.45, 7) is 0. The van der Waals surface area contributed by atoms with Crippen LogP contribution in [0.1, 0.15) is 0 Å². The number of hydrogen-bond acceptors (Lipinski definition) is 7. The van der Waals surface area contributed by atoms with Gasteiger partial charge in [-0.2, -0.15) is 9.98 Å². The lowest BCUT2D eigenvalue weighted by molar-refractivity contribution is 1.18. The Balaban J connectivity index is 1.59. The first-order chi connectivity index (χ1) is 17.3. The minimum Gasteiger partial charge on any atom is -0.307 e. The second-order valence-electron chi connectivity index (χ2n) is 8.06. The summed E-state index contributed by atoms with van der Waals surface area (Å²) in [6.07, 6.45) is 1.83. The molecule has 0 N–H and O–H groups in total. The Morgan fingerprint density at radius 3 is 2.14 bits per heavy atom. The molecule has 1 aliphatic carbocycles. The van der Waals surface area contributed by atoms with E-state index in [0.29, 0.717) is 0 Å². The Kier molecular flexibility index (Phi) is 4.30. The highest BCUT2D eigenvalue weighted by molar-refractivity contribution is 7.78. The summed E-state index contributed by atoms with van der Waals surface area (Å²) in [7, 11) is 0. The van der Waals surface area contributed by atoms with Crippen LogP contribution in [-0.2, 0) is 0 Å². The first kappa shape index (κ1) is 20.0. The van der Waals surface area contributed by atoms with Crippen LogP contribution in [0.3, 0.4) is 0 Å². The molecule has 0 fully saturated rings. The van der Waals surface area contributed by atoms with Gasteiger partial charge in [0.15, 0.2) is 0 Å². The van der Waals surface area contributed by atoms with Crippen LogP contribution >= 0.6 is 24.4 Å². The highest BCUT2D eigenvalue weighted by atomic mass is 32.1. The zero-order valence-electron chi connectivity index (χ0n) is 17.9. The smallest absolute Gasteiger partial charge is 0.209 e. The van der Waals surface area contributed by atoms with Crippen molar-refractivity contribution in [2.75, 3.05) is 0 Å². The first-order valence-corrected chi connectivity index (χ1v) is 11.6. The van der Waals surface area contributed by atoms with Gasteiger partial charge in [-0.05, 0) is 54.8 Å².